The minimum atomic E-state index is -0.760. The summed E-state index contributed by atoms with van der Waals surface area (Å²) in [6.07, 6.45) is 1.94. The standard InChI is InChI=1S/C16H30N2O2/c1-6-20-13-8-16(17,15(13,4)5)14(19)18-9-11(2)7-12(3)10-18/h11-13H,6-10,17H2,1-5H3. The first-order chi connectivity index (χ1) is 9.22. The Kier molecular flexibility index (Phi) is 4.18. The van der Waals surface area contributed by atoms with Gasteiger partial charge in [-0.05, 0) is 25.2 Å². The average molecular weight is 282 g/mol. The number of nitrogens with zero attached hydrogens (tertiary/aromatic N) is 1. The molecule has 4 nitrogen and oxygen atoms in total. The highest BCUT2D eigenvalue weighted by molar-refractivity contribution is 5.89. The number of carbonyl (C=O) groups is 1. The summed E-state index contributed by atoms with van der Waals surface area (Å²) in [6, 6.07) is 0. The van der Waals surface area contributed by atoms with Crippen molar-refractivity contribution >= 4 is 5.91 Å². The Morgan fingerprint density at radius 3 is 2.30 bits per heavy atom. The molecule has 1 saturated heterocycles. The summed E-state index contributed by atoms with van der Waals surface area (Å²) >= 11 is 0. The van der Waals surface area contributed by atoms with Gasteiger partial charge in [0.2, 0.25) is 5.91 Å². The predicted octanol–water partition coefficient (Wildman–Crippen LogP) is 2.02. The molecule has 20 heavy (non-hydrogen) atoms. The normalized spacial score (nSPS) is 40.3. The van der Waals surface area contributed by atoms with E-state index in [0.29, 0.717) is 24.9 Å². The van der Waals surface area contributed by atoms with E-state index in [-0.39, 0.29) is 17.4 Å². The molecule has 1 amide bonds. The quantitative estimate of drug-likeness (QED) is 0.861. The van der Waals surface area contributed by atoms with Crippen LogP contribution in [0.1, 0.15) is 47.5 Å². The van der Waals surface area contributed by atoms with Crippen molar-refractivity contribution in [2.24, 2.45) is 23.0 Å². The molecule has 4 heteroatoms. The highest BCUT2D eigenvalue weighted by Gasteiger charge is 2.63. The van der Waals surface area contributed by atoms with Gasteiger partial charge in [-0.3, -0.25) is 4.79 Å². The van der Waals surface area contributed by atoms with Crippen LogP contribution in [0.3, 0.4) is 0 Å². The smallest absolute Gasteiger partial charge is 0.243 e. The lowest BCUT2D eigenvalue weighted by Crippen LogP contribution is -2.76. The highest BCUT2D eigenvalue weighted by atomic mass is 16.5. The second kappa shape index (κ2) is 5.30. The summed E-state index contributed by atoms with van der Waals surface area (Å²) in [5.74, 6) is 1.26. The summed E-state index contributed by atoms with van der Waals surface area (Å²) in [7, 11) is 0. The van der Waals surface area contributed by atoms with Crippen molar-refractivity contribution in [1.29, 1.82) is 0 Å². The molecule has 2 aliphatic rings. The third-order valence-electron chi connectivity index (χ3n) is 5.37. The molecule has 0 aromatic heterocycles. The lowest BCUT2D eigenvalue weighted by molar-refractivity contribution is -0.181. The number of amides is 1. The molecule has 4 atom stereocenters. The number of ether oxygens (including phenoxy) is 1. The number of piperidine rings is 1. The summed E-state index contributed by atoms with van der Waals surface area (Å²) in [5.41, 5.74) is 5.45. The molecule has 1 aliphatic heterocycles. The summed E-state index contributed by atoms with van der Waals surface area (Å²) in [5, 5.41) is 0. The van der Waals surface area contributed by atoms with Crippen LogP contribution in [0.4, 0.5) is 0 Å². The molecule has 1 saturated carbocycles. The number of hydrogen-bond donors (Lipinski definition) is 1. The molecule has 0 aromatic carbocycles. The van der Waals surface area contributed by atoms with Crippen LogP contribution in [0.2, 0.25) is 0 Å². The van der Waals surface area contributed by atoms with E-state index in [1.807, 2.05) is 11.8 Å². The Morgan fingerprint density at radius 1 is 1.30 bits per heavy atom. The van der Waals surface area contributed by atoms with E-state index in [9.17, 15) is 4.79 Å². The van der Waals surface area contributed by atoms with E-state index in [1.165, 1.54) is 6.42 Å². The van der Waals surface area contributed by atoms with Crippen LogP contribution in [0.5, 0.6) is 0 Å². The molecule has 0 spiro atoms. The Hall–Kier alpha value is -0.610. The van der Waals surface area contributed by atoms with Gasteiger partial charge >= 0.3 is 0 Å². The molecule has 0 bridgehead atoms. The van der Waals surface area contributed by atoms with Gasteiger partial charge in [-0.1, -0.05) is 27.7 Å². The Bertz CT molecular complexity index is 373. The van der Waals surface area contributed by atoms with Gasteiger partial charge in [0.1, 0.15) is 5.54 Å². The third kappa shape index (κ3) is 2.37. The first-order valence-electron chi connectivity index (χ1n) is 7.92. The lowest BCUT2D eigenvalue weighted by atomic mass is 9.54. The fourth-order valence-corrected chi connectivity index (χ4v) is 3.91. The zero-order valence-electron chi connectivity index (χ0n) is 13.6. The summed E-state index contributed by atoms with van der Waals surface area (Å²) in [4.78, 5) is 14.9. The van der Waals surface area contributed by atoms with Crippen LogP contribution in [0.15, 0.2) is 0 Å². The van der Waals surface area contributed by atoms with Crippen molar-refractivity contribution in [3.8, 4) is 0 Å². The lowest BCUT2D eigenvalue weighted by Gasteiger charge is -2.59. The summed E-state index contributed by atoms with van der Waals surface area (Å²) < 4.78 is 5.72. The van der Waals surface area contributed by atoms with Gasteiger partial charge in [-0.15, -0.1) is 0 Å². The van der Waals surface area contributed by atoms with Crippen molar-refractivity contribution in [2.45, 2.75) is 59.1 Å². The van der Waals surface area contributed by atoms with Crippen LogP contribution in [0.25, 0.3) is 0 Å². The zero-order valence-corrected chi connectivity index (χ0v) is 13.6. The van der Waals surface area contributed by atoms with Gasteiger partial charge in [-0.2, -0.15) is 0 Å². The molecule has 0 radical (unpaired) electrons. The predicted molar refractivity (Wildman–Crippen MR) is 80.3 cm³/mol. The fourth-order valence-electron chi connectivity index (χ4n) is 3.91. The van der Waals surface area contributed by atoms with E-state index in [4.69, 9.17) is 10.5 Å². The number of rotatable bonds is 3. The molecule has 4 unspecified atom stereocenters. The zero-order chi connectivity index (χ0) is 15.1. The van der Waals surface area contributed by atoms with Gasteiger partial charge in [0.05, 0.1) is 6.10 Å². The minimum absolute atomic E-state index is 0.0982. The van der Waals surface area contributed by atoms with Crippen molar-refractivity contribution < 1.29 is 9.53 Å². The maximum Gasteiger partial charge on any atom is 0.243 e. The molecule has 1 heterocycles. The Labute approximate surface area is 123 Å². The van der Waals surface area contributed by atoms with Crippen LogP contribution in [-0.4, -0.2) is 42.1 Å². The first-order valence-corrected chi connectivity index (χ1v) is 7.92. The second-order valence-corrected chi connectivity index (χ2v) is 7.50. The van der Waals surface area contributed by atoms with Crippen molar-refractivity contribution in [2.75, 3.05) is 19.7 Å². The topological polar surface area (TPSA) is 55.6 Å². The molecule has 2 fully saturated rings. The molecule has 0 aromatic rings. The molecule has 2 rings (SSSR count). The molecular weight excluding hydrogens is 252 g/mol. The van der Waals surface area contributed by atoms with Gasteiger partial charge in [-0.25, -0.2) is 0 Å². The van der Waals surface area contributed by atoms with Gasteiger partial charge in [0.25, 0.3) is 0 Å². The number of nitrogens with two attached hydrogens (primary N) is 1. The maximum atomic E-state index is 12.9. The number of likely N-dealkylation sites (tertiary alicyclic amines) is 1. The van der Waals surface area contributed by atoms with Gasteiger partial charge < -0.3 is 15.4 Å². The monoisotopic (exact) mass is 282 g/mol. The SMILES string of the molecule is CCOC1CC(N)(C(=O)N2CC(C)CC(C)C2)C1(C)C. The van der Waals surface area contributed by atoms with E-state index >= 15 is 0 Å². The van der Waals surface area contributed by atoms with Crippen molar-refractivity contribution in [3.05, 3.63) is 0 Å². The number of carbonyl (C=O) groups excluding carboxylic acids is 1. The first kappa shape index (κ1) is 15.8. The third-order valence-corrected chi connectivity index (χ3v) is 5.37. The highest BCUT2D eigenvalue weighted by Crippen LogP contribution is 2.50. The average Bonchev–Trinajstić information content (AvgIpc) is 2.36. The largest absolute Gasteiger partial charge is 0.378 e. The van der Waals surface area contributed by atoms with E-state index < -0.39 is 5.54 Å². The fraction of sp³-hybridized carbons (Fsp3) is 0.938. The molecule has 1 aliphatic carbocycles. The van der Waals surface area contributed by atoms with Crippen LogP contribution in [0, 0.1) is 17.3 Å². The molecule has 116 valence electrons. The van der Waals surface area contributed by atoms with Crippen LogP contribution in [-0.2, 0) is 9.53 Å². The van der Waals surface area contributed by atoms with E-state index in [0.717, 1.165) is 13.1 Å². The molecule has 2 N–H and O–H groups in total. The van der Waals surface area contributed by atoms with E-state index in [1.54, 1.807) is 0 Å². The van der Waals surface area contributed by atoms with Gasteiger partial charge in [0, 0.05) is 31.5 Å². The minimum Gasteiger partial charge on any atom is -0.378 e. The van der Waals surface area contributed by atoms with E-state index in [2.05, 4.69) is 27.7 Å². The second-order valence-electron chi connectivity index (χ2n) is 7.50. The summed E-state index contributed by atoms with van der Waals surface area (Å²) in [6.45, 7) is 12.9. The number of hydrogen-bond acceptors (Lipinski definition) is 3. The molecular formula is C16H30N2O2. The Morgan fingerprint density at radius 2 is 1.85 bits per heavy atom. The van der Waals surface area contributed by atoms with Crippen LogP contribution < -0.4 is 5.73 Å². The maximum absolute atomic E-state index is 12.9. The van der Waals surface area contributed by atoms with Gasteiger partial charge in [0.15, 0.2) is 0 Å². The van der Waals surface area contributed by atoms with Crippen molar-refractivity contribution in [1.82, 2.24) is 4.90 Å². The Balaban J connectivity index is 2.09. The van der Waals surface area contributed by atoms with Crippen LogP contribution >= 0.6 is 0 Å². The van der Waals surface area contributed by atoms with Crippen molar-refractivity contribution in [3.63, 3.8) is 0 Å².